The highest BCUT2D eigenvalue weighted by Gasteiger charge is 2.13. The van der Waals surface area contributed by atoms with Crippen LogP contribution in [0.25, 0.3) is 0 Å². The molecule has 1 aliphatic carbocycles. The van der Waals surface area contributed by atoms with Crippen LogP contribution in [0.3, 0.4) is 0 Å². The topological polar surface area (TPSA) is 40.5 Å². The molecule has 2 N–H and O–H groups in total. The van der Waals surface area contributed by atoms with Gasteiger partial charge in [-0.2, -0.15) is 0 Å². The highest BCUT2D eigenvalue weighted by Crippen LogP contribution is 2.17. The van der Waals surface area contributed by atoms with Crippen LogP contribution in [0, 0.1) is 0 Å². The molecular weight excluding hydrogens is 140 g/mol. The van der Waals surface area contributed by atoms with Gasteiger partial charge < -0.3 is 10.2 Å². The summed E-state index contributed by atoms with van der Waals surface area (Å²) in [5, 5.41) is 18.6. The Labute approximate surface area is 66.2 Å². The van der Waals surface area contributed by atoms with Crippen LogP contribution in [0.2, 0.25) is 0 Å². The van der Waals surface area contributed by atoms with E-state index in [2.05, 4.69) is 0 Å². The van der Waals surface area contributed by atoms with Gasteiger partial charge in [-0.25, -0.2) is 0 Å². The molecule has 0 spiro atoms. The Bertz CT molecular complexity index is 224. The summed E-state index contributed by atoms with van der Waals surface area (Å²) in [5.74, 6) is 0.168. The van der Waals surface area contributed by atoms with Gasteiger partial charge in [-0.15, -0.1) is 0 Å². The summed E-state index contributed by atoms with van der Waals surface area (Å²) in [6.45, 7) is 1.96. The third kappa shape index (κ3) is 1.71. The third-order valence-corrected chi connectivity index (χ3v) is 1.59. The molecule has 1 rings (SSSR count). The molecule has 1 atom stereocenters. The first-order valence-corrected chi connectivity index (χ1v) is 3.71. The van der Waals surface area contributed by atoms with Crippen molar-refractivity contribution >= 4 is 0 Å². The van der Waals surface area contributed by atoms with Gasteiger partial charge in [0.25, 0.3) is 0 Å². The second-order valence-electron chi connectivity index (χ2n) is 2.45. The minimum Gasteiger partial charge on any atom is -0.508 e. The predicted molar refractivity (Wildman–Crippen MR) is 44.2 cm³/mol. The van der Waals surface area contributed by atoms with Crippen LogP contribution in [0.15, 0.2) is 35.6 Å². The van der Waals surface area contributed by atoms with Gasteiger partial charge in [-0.1, -0.05) is 25.2 Å². The van der Waals surface area contributed by atoms with Crippen LogP contribution in [0.4, 0.5) is 0 Å². The molecule has 0 aliphatic heterocycles. The SMILES string of the molecule is CC/C=C1\C(O)=CC=CC1O. The lowest BCUT2D eigenvalue weighted by Crippen LogP contribution is -2.11. The number of rotatable bonds is 1. The average molecular weight is 152 g/mol. The summed E-state index contributed by atoms with van der Waals surface area (Å²) < 4.78 is 0. The van der Waals surface area contributed by atoms with E-state index < -0.39 is 6.10 Å². The minimum absolute atomic E-state index is 0.168. The molecule has 0 saturated heterocycles. The average Bonchev–Trinajstić information content (AvgIpc) is 1.97. The Morgan fingerprint density at radius 3 is 2.91 bits per heavy atom. The van der Waals surface area contributed by atoms with Gasteiger partial charge in [0.05, 0.1) is 0 Å². The van der Waals surface area contributed by atoms with E-state index in [1.54, 1.807) is 18.2 Å². The van der Waals surface area contributed by atoms with Gasteiger partial charge in [0.2, 0.25) is 0 Å². The van der Waals surface area contributed by atoms with Gasteiger partial charge in [-0.3, -0.25) is 0 Å². The van der Waals surface area contributed by atoms with E-state index in [-0.39, 0.29) is 5.76 Å². The Morgan fingerprint density at radius 2 is 2.36 bits per heavy atom. The number of hydrogen-bond donors (Lipinski definition) is 2. The van der Waals surface area contributed by atoms with Gasteiger partial charge in [0.1, 0.15) is 11.9 Å². The first-order valence-electron chi connectivity index (χ1n) is 3.71. The van der Waals surface area contributed by atoms with Crippen molar-refractivity contribution in [1.82, 2.24) is 0 Å². The highest BCUT2D eigenvalue weighted by atomic mass is 16.3. The van der Waals surface area contributed by atoms with E-state index in [9.17, 15) is 10.2 Å². The fourth-order valence-corrected chi connectivity index (χ4v) is 1.05. The zero-order valence-corrected chi connectivity index (χ0v) is 6.49. The maximum atomic E-state index is 9.31. The van der Waals surface area contributed by atoms with Crippen molar-refractivity contribution in [3.63, 3.8) is 0 Å². The maximum absolute atomic E-state index is 9.31. The summed E-state index contributed by atoms with van der Waals surface area (Å²) >= 11 is 0. The van der Waals surface area contributed by atoms with Crippen LogP contribution in [-0.2, 0) is 0 Å². The Morgan fingerprint density at radius 1 is 1.64 bits per heavy atom. The predicted octanol–water partition coefficient (Wildman–Crippen LogP) is 1.70. The first kappa shape index (κ1) is 8.08. The Hall–Kier alpha value is -1.02. The molecule has 2 nitrogen and oxygen atoms in total. The van der Waals surface area contributed by atoms with Gasteiger partial charge in [0, 0.05) is 5.57 Å². The number of aliphatic hydroxyl groups is 2. The molecule has 0 heterocycles. The lowest BCUT2D eigenvalue weighted by Gasteiger charge is -2.13. The molecule has 2 heteroatoms. The molecule has 0 aromatic heterocycles. The summed E-state index contributed by atoms with van der Waals surface area (Å²) in [6, 6.07) is 0. The van der Waals surface area contributed by atoms with Crippen LogP contribution in [-0.4, -0.2) is 16.3 Å². The molecule has 0 bridgehead atoms. The summed E-state index contributed by atoms with van der Waals surface area (Å²) in [5.41, 5.74) is 0.606. The molecule has 0 aromatic carbocycles. The zero-order chi connectivity index (χ0) is 8.27. The van der Waals surface area contributed by atoms with Crippen LogP contribution in [0.5, 0.6) is 0 Å². The first-order chi connectivity index (χ1) is 5.25. The quantitative estimate of drug-likeness (QED) is 0.600. The van der Waals surface area contributed by atoms with Gasteiger partial charge >= 0.3 is 0 Å². The fourth-order valence-electron chi connectivity index (χ4n) is 1.05. The van der Waals surface area contributed by atoms with Crippen molar-refractivity contribution in [2.75, 3.05) is 0 Å². The lowest BCUT2D eigenvalue weighted by atomic mass is 10.0. The molecule has 1 aliphatic rings. The normalized spacial score (nSPS) is 27.3. The second kappa shape index (κ2) is 3.39. The molecular formula is C9H12O2. The molecule has 60 valence electrons. The van der Waals surface area contributed by atoms with E-state index in [1.165, 1.54) is 0 Å². The van der Waals surface area contributed by atoms with Gasteiger partial charge in [0.15, 0.2) is 0 Å². The van der Waals surface area contributed by atoms with E-state index in [1.807, 2.05) is 13.0 Å². The molecule has 11 heavy (non-hydrogen) atoms. The Balaban J connectivity index is 2.86. The van der Waals surface area contributed by atoms with Crippen LogP contribution < -0.4 is 0 Å². The monoisotopic (exact) mass is 152 g/mol. The lowest BCUT2D eigenvalue weighted by molar-refractivity contribution is 0.246. The van der Waals surface area contributed by atoms with Crippen molar-refractivity contribution in [3.05, 3.63) is 35.6 Å². The highest BCUT2D eigenvalue weighted by molar-refractivity contribution is 5.38. The van der Waals surface area contributed by atoms with E-state index in [4.69, 9.17) is 0 Å². The smallest absolute Gasteiger partial charge is 0.121 e. The van der Waals surface area contributed by atoms with E-state index in [0.29, 0.717) is 5.57 Å². The standard InChI is InChI=1S/C9H12O2/c1-2-4-7-8(10)5-3-6-9(7)11/h3-6,8,10-11H,2H2,1H3/b7-4-. The van der Waals surface area contributed by atoms with Crippen molar-refractivity contribution in [1.29, 1.82) is 0 Å². The molecule has 0 aromatic rings. The number of allylic oxidation sites excluding steroid dienone is 3. The molecule has 1 unspecified atom stereocenters. The summed E-state index contributed by atoms with van der Waals surface area (Å²) in [4.78, 5) is 0. The van der Waals surface area contributed by atoms with E-state index >= 15 is 0 Å². The zero-order valence-electron chi connectivity index (χ0n) is 6.49. The molecule has 0 radical (unpaired) electrons. The van der Waals surface area contributed by atoms with Crippen molar-refractivity contribution in [3.8, 4) is 0 Å². The number of hydrogen-bond acceptors (Lipinski definition) is 2. The number of aliphatic hydroxyl groups excluding tert-OH is 2. The second-order valence-corrected chi connectivity index (χ2v) is 2.45. The molecule has 0 fully saturated rings. The van der Waals surface area contributed by atoms with Gasteiger partial charge in [-0.05, 0) is 12.5 Å². The summed E-state index contributed by atoms with van der Waals surface area (Å²) in [6.07, 6.45) is 6.86. The maximum Gasteiger partial charge on any atom is 0.121 e. The summed E-state index contributed by atoms with van der Waals surface area (Å²) in [7, 11) is 0. The van der Waals surface area contributed by atoms with E-state index in [0.717, 1.165) is 6.42 Å². The Kier molecular flexibility index (Phi) is 2.49. The molecule has 0 saturated carbocycles. The third-order valence-electron chi connectivity index (χ3n) is 1.59. The van der Waals surface area contributed by atoms with Crippen LogP contribution in [0.1, 0.15) is 13.3 Å². The van der Waals surface area contributed by atoms with Crippen molar-refractivity contribution in [2.45, 2.75) is 19.4 Å². The van der Waals surface area contributed by atoms with Crippen molar-refractivity contribution < 1.29 is 10.2 Å². The minimum atomic E-state index is -0.639. The van der Waals surface area contributed by atoms with Crippen LogP contribution >= 0.6 is 0 Å². The van der Waals surface area contributed by atoms with Crippen molar-refractivity contribution in [2.24, 2.45) is 0 Å². The fraction of sp³-hybridized carbons (Fsp3) is 0.333. The molecule has 0 amide bonds. The largest absolute Gasteiger partial charge is 0.508 e.